The number of hydrogen-bond acceptors (Lipinski definition) is 4. The predicted molar refractivity (Wildman–Crippen MR) is 89.4 cm³/mol. The molecule has 0 saturated carbocycles. The Balaban J connectivity index is 1.77. The van der Waals surface area contributed by atoms with Crippen molar-refractivity contribution in [2.75, 3.05) is 0 Å². The van der Waals surface area contributed by atoms with Gasteiger partial charge in [0.25, 0.3) is 5.69 Å². The molecular formula is C19H13NO4. The number of fused-ring (bicyclic) bond motifs is 3. The van der Waals surface area contributed by atoms with Gasteiger partial charge in [-0.05, 0) is 22.4 Å². The van der Waals surface area contributed by atoms with Crippen LogP contribution in [0.25, 0.3) is 10.8 Å². The van der Waals surface area contributed by atoms with Crippen molar-refractivity contribution < 1.29 is 14.5 Å². The van der Waals surface area contributed by atoms with Gasteiger partial charge in [-0.3, -0.25) is 14.9 Å². The molecule has 1 aliphatic heterocycles. The molecule has 0 aliphatic carbocycles. The van der Waals surface area contributed by atoms with E-state index in [4.69, 9.17) is 4.74 Å². The summed E-state index contributed by atoms with van der Waals surface area (Å²) in [6, 6.07) is 17.6. The number of rotatable bonds is 2. The van der Waals surface area contributed by atoms with Crippen LogP contribution in [0, 0.1) is 10.1 Å². The Morgan fingerprint density at radius 1 is 1.04 bits per heavy atom. The molecule has 5 heteroatoms. The van der Waals surface area contributed by atoms with Crippen LogP contribution in [0.1, 0.15) is 28.4 Å². The number of carbonyl (C=O) groups is 1. The zero-order chi connectivity index (χ0) is 16.7. The number of carbonyl (C=O) groups excluding carboxylic acids is 1. The molecule has 1 unspecified atom stereocenters. The number of non-ortho nitro benzene ring substituents is 1. The second kappa shape index (κ2) is 5.45. The molecule has 0 amide bonds. The summed E-state index contributed by atoms with van der Waals surface area (Å²) < 4.78 is 5.99. The van der Waals surface area contributed by atoms with Crippen molar-refractivity contribution in [1.29, 1.82) is 0 Å². The quantitative estimate of drug-likeness (QED) is 0.517. The third-order valence-electron chi connectivity index (χ3n) is 4.26. The third kappa shape index (κ3) is 2.31. The molecule has 118 valence electrons. The molecule has 5 nitrogen and oxygen atoms in total. The van der Waals surface area contributed by atoms with Crippen LogP contribution in [0.15, 0.2) is 60.7 Å². The molecule has 3 aromatic rings. The molecular weight excluding hydrogens is 306 g/mol. The number of hydrogen-bond donors (Lipinski definition) is 0. The fourth-order valence-corrected chi connectivity index (χ4v) is 3.13. The third-order valence-corrected chi connectivity index (χ3v) is 4.26. The minimum absolute atomic E-state index is 0.00661. The number of benzene rings is 3. The molecule has 1 aliphatic rings. The second-order valence-corrected chi connectivity index (χ2v) is 5.75. The lowest BCUT2D eigenvalue weighted by molar-refractivity contribution is -0.385. The lowest BCUT2D eigenvalue weighted by Gasteiger charge is -2.26. The van der Waals surface area contributed by atoms with Gasteiger partial charge >= 0.3 is 0 Å². The minimum atomic E-state index is -0.508. The van der Waals surface area contributed by atoms with Gasteiger partial charge < -0.3 is 4.74 Å². The van der Waals surface area contributed by atoms with Crippen molar-refractivity contribution in [2.24, 2.45) is 0 Å². The van der Waals surface area contributed by atoms with E-state index in [-0.39, 0.29) is 17.9 Å². The highest BCUT2D eigenvalue weighted by molar-refractivity contribution is 6.11. The van der Waals surface area contributed by atoms with E-state index in [1.165, 1.54) is 12.1 Å². The Bertz CT molecular complexity index is 980. The van der Waals surface area contributed by atoms with Gasteiger partial charge in [-0.15, -0.1) is 0 Å². The van der Waals surface area contributed by atoms with Crippen molar-refractivity contribution in [3.05, 3.63) is 81.9 Å². The van der Waals surface area contributed by atoms with Crippen molar-refractivity contribution in [2.45, 2.75) is 12.5 Å². The van der Waals surface area contributed by atoms with Crippen LogP contribution >= 0.6 is 0 Å². The van der Waals surface area contributed by atoms with Gasteiger partial charge in [0.2, 0.25) is 0 Å². The molecule has 0 saturated heterocycles. The Kier molecular flexibility index (Phi) is 3.27. The van der Waals surface area contributed by atoms with Gasteiger partial charge in [0, 0.05) is 12.1 Å². The van der Waals surface area contributed by atoms with E-state index < -0.39 is 11.0 Å². The van der Waals surface area contributed by atoms with Gasteiger partial charge in [-0.25, -0.2) is 0 Å². The Morgan fingerprint density at radius 3 is 2.71 bits per heavy atom. The van der Waals surface area contributed by atoms with E-state index in [2.05, 4.69) is 0 Å². The van der Waals surface area contributed by atoms with Gasteiger partial charge in [0.05, 0.1) is 16.9 Å². The fourth-order valence-electron chi connectivity index (χ4n) is 3.13. The monoisotopic (exact) mass is 319 g/mol. The number of nitrogens with zero attached hydrogens (tertiary/aromatic N) is 1. The van der Waals surface area contributed by atoms with Crippen molar-refractivity contribution in [3.63, 3.8) is 0 Å². The number of Topliss-reactive ketones (excluding diaryl/α,β-unsaturated/α-hetero) is 1. The molecule has 0 fully saturated rings. The molecule has 3 aromatic carbocycles. The SMILES string of the molecule is O=C1CC(c2cccc([N+](=O)[O-])c2)Oc2ccc3ccccc3c21. The van der Waals surface area contributed by atoms with Crippen LogP contribution in [0.4, 0.5) is 5.69 Å². The molecule has 0 spiro atoms. The van der Waals surface area contributed by atoms with Gasteiger partial charge in [0.15, 0.2) is 5.78 Å². The first kappa shape index (κ1) is 14.4. The van der Waals surface area contributed by atoms with E-state index in [1.807, 2.05) is 30.3 Å². The molecule has 4 rings (SSSR count). The summed E-state index contributed by atoms with van der Waals surface area (Å²) in [7, 11) is 0. The Morgan fingerprint density at radius 2 is 1.88 bits per heavy atom. The molecule has 1 atom stereocenters. The van der Waals surface area contributed by atoms with Gasteiger partial charge in [-0.1, -0.05) is 42.5 Å². The summed E-state index contributed by atoms with van der Waals surface area (Å²) in [5.41, 5.74) is 1.22. The summed E-state index contributed by atoms with van der Waals surface area (Å²) in [5, 5.41) is 12.8. The standard InChI is InChI=1S/C19H13NO4/c21-16-11-18(13-5-3-6-14(10-13)20(22)23)24-17-9-8-12-4-1-2-7-15(12)19(16)17/h1-10,18H,11H2. The van der Waals surface area contributed by atoms with Crippen LogP contribution < -0.4 is 4.74 Å². The van der Waals surface area contributed by atoms with Crippen LogP contribution in [0.2, 0.25) is 0 Å². The average Bonchev–Trinajstić information content (AvgIpc) is 2.61. The van der Waals surface area contributed by atoms with Crippen molar-refractivity contribution in [1.82, 2.24) is 0 Å². The first-order valence-corrected chi connectivity index (χ1v) is 7.59. The maximum atomic E-state index is 12.7. The normalized spacial score (nSPS) is 16.5. The predicted octanol–water partition coefficient (Wildman–Crippen LogP) is 4.45. The summed E-state index contributed by atoms with van der Waals surface area (Å²) in [4.78, 5) is 23.2. The zero-order valence-corrected chi connectivity index (χ0v) is 12.6. The van der Waals surface area contributed by atoms with Gasteiger partial charge in [0.1, 0.15) is 11.9 Å². The maximum Gasteiger partial charge on any atom is 0.269 e. The van der Waals surface area contributed by atoms with E-state index in [1.54, 1.807) is 18.2 Å². The fraction of sp³-hybridized carbons (Fsp3) is 0.105. The smallest absolute Gasteiger partial charge is 0.269 e. The highest BCUT2D eigenvalue weighted by Gasteiger charge is 2.29. The first-order chi connectivity index (χ1) is 11.6. The second-order valence-electron chi connectivity index (χ2n) is 5.75. The van der Waals surface area contributed by atoms with Gasteiger partial charge in [-0.2, -0.15) is 0 Å². The minimum Gasteiger partial charge on any atom is -0.484 e. The van der Waals surface area contributed by atoms with Crippen molar-refractivity contribution in [3.8, 4) is 5.75 Å². The molecule has 0 bridgehead atoms. The molecule has 1 heterocycles. The van der Waals surface area contributed by atoms with Crippen LogP contribution in [-0.4, -0.2) is 10.7 Å². The van der Waals surface area contributed by atoms with E-state index in [0.717, 1.165) is 10.8 Å². The summed E-state index contributed by atoms with van der Waals surface area (Å²) in [6.45, 7) is 0. The van der Waals surface area contributed by atoms with Crippen LogP contribution in [-0.2, 0) is 0 Å². The number of ether oxygens (including phenoxy) is 1. The molecule has 0 N–H and O–H groups in total. The highest BCUT2D eigenvalue weighted by Crippen LogP contribution is 2.39. The first-order valence-electron chi connectivity index (χ1n) is 7.59. The largest absolute Gasteiger partial charge is 0.484 e. The lowest BCUT2D eigenvalue weighted by Crippen LogP contribution is -2.20. The zero-order valence-electron chi connectivity index (χ0n) is 12.6. The number of ketones is 1. The molecule has 0 aromatic heterocycles. The highest BCUT2D eigenvalue weighted by atomic mass is 16.6. The number of nitro benzene ring substituents is 1. The van der Waals surface area contributed by atoms with Crippen LogP contribution in [0.3, 0.4) is 0 Å². The molecule has 0 radical (unpaired) electrons. The summed E-state index contributed by atoms with van der Waals surface area (Å²) in [6.07, 6.45) is -0.339. The summed E-state index contributed by atoms with van der Waals surface area (Å²) >= 11 is 0. The van der Waals surface area contributed by atoms with Crippen LogP contribution in [0.5, 0.6) is 5.75 Å². The topological polar surface area (TPSA) is 69.4 Å². The Labute approximate surface area is 137 Å². The lowest BCUT2D eigenvalue weighted by atomic mass is 9.92. The van der Waals surface area contributed by atoms with E-state index in [9.17, 15) is 14.9 Å². The number of nitro groups is 1. The average molecular weight is 319 g/mol. The van der Waals surface area contributed by atoms with Crippen molar-refractivity contribution >= 4 is 22.2 Å². The Hall–Kier alpha value is -3.21. The molecule has 24 heavy (non-hydrogen) atoms. The van der Waals surface area contributed by atoms with E-state index >= 15 is 0 Å². The maximum absolute atomic E-state index is 12.7. The van der Waals surface area contributed by atoms with E-state index in [0.29, 0.717) is 16.9 Å². The summed E-state index contributed by atoms with van der Waals surface area (Å²) in [5.74, 6) is 0.519.